The van der Waals surface area contributed by atoms with Crippen LogP contribution in [-0.2, 0) is 32.3 Å². The fourth-order valence-electron chi connectivity index (χ4n) is 11.8. The first kappa shape index (κ1) is 54.8. The van der Waals surface area contributed by atoms with Crippen molar-refractivity contribution in [2.45, 2.75) is 139 Å². The topological polar surface area (TPSA) is 243 Å². The van der Waals surface area contributed by atoms with E-state index in [1.807, 2.05) is 62.4 Å². The first-order valence-corrected chi connectivity index (χ1v) is 29.0. The second-order valence-corrected chi connectivity index (χ2v) is 24.0. The van der Waals surface area contributed by atoms with Crippen molar-refractivity contribution < 1.29 is 34.1 Å². The largest absolute Gasteiger partial charge is 0.490 e. The van der Waals surface area contributed by atoms with Gasteiger partial charge in [-0.05, 0) is 70.1 Å². The monoisotopic (exact) mass is 1110 g/mol. The summed E-state index contributed by atoms with van der Waals surface area (Å²) in [6, 6.07) is 6.27. The Morgan fingerprint density at radius 3 is 2.43 bits per heavy atom. The number of nitrogens with one attached hydrogen (secondary N) is 1. The SMILES string of the molecule is Cc1cn([C@H](C(=O)N2C[C@H](O)C[C@H]2C(=O)NCc2ccc(-c3scnc3C)cc2OC2CCN(C(=O)C3CCN(c4nccc(Sc5cnc(N6CCC7(CC6)CO[C@@H](C)[C@H]7N)c(CO)n5)c4Cl)CC3)CC2)C(C)C)nn1. The number of amides is 3. The minimum atomic E-state index is -0.865. The molecule has 0 aliphatic carbocycles. The molecule has 23 heteroatoms. The number of pyridine rings is 1. The van der Waals surface area contributed by atoms with Gasteiger partial charge >= 0.3 is 0 Å². The quantitative estimate of drug-likeness (QED) is 0.0998. The number of piperidine rings is 3. The van der Waals surface area contributed by atoms with Crippen LogP contribution in [0.3, 0.4) is 0 Å². The average Bonchev–Trinajstić information content (AvgIpc) is 4.23. The van der Waals surface area contributed by atoms with Gasteiger partial charge in [0.15, 0.2) is 5.82 Å². The molecule has 5 aliphatic rings. The van der Waals surface area contributed by atoms with Gasteiger partial charge in [0, 0.05) is 112 Å². The number of anilines is 2. The molecular weight excluding hydrogens is 1040 g/mol. The van der Waals surface area contributed by atoms with Gasteiger partial charge in [0.1, 0.15) is 40.5 Å². The first-order valence-electron chi connectivity index (χ1n) is 26.9. The Balaban J connectivity index is 0.731. The van der Waals surface area contributed by atoms with Crippen molar-refractivity contribution >= 4 is 64.1 Å². The highest BCUT2D eigenvalue weighted by atomic mass is 35.5. The first-order chi connectivity index (χ1) is 37.1. The summed E-state index contributed by atoms with van der Waals surface area (Å²) in [7, 11) is 0. The Kier molecular flexibility index (Phi) is 16.7. The van der Waals surface area contributed by atoms with Crippen molar-refractivity contribution in [1.29, 1.82) is 0 Å². The van der Waals surface area contributed by atoms with Gasteiger partial charge in [0.25, 0.3) is 0 Å². The molecule has 1 spiro atoms. The summed E-state index contributed by atoms with van der Waals surface area (Å²) in [5.41, 5.74) is 12.2. The number of thiazole rings is 1. The van der Waals surface area contributed by atoms with E-state index >= 15 is 0 Å². The highest BCUT2D eigenvalue weighted by Crippen LogP contribution is 2.43. The number of ether oxygens (including phenoxy) is 2. The Morgan fingerprint density at radius 1 is 1.01 bits per heavy atom. The summed E-state index contributed by atoms with van der Waals surface area (Å²) >= 11 is 10.0. The van der Waals surface area contributed by atoms with Crippen LogP contribution in [-0.4, -0.2) is 155 Å². The molecule has 77 heavy (non-hydrogen) atoms. The lowest BCUT2D eigenvalue weighted by molar-refractivity contribution is -0.142. The lowest BCUT2D eigenvalue weighted by atomic mass is 9.73. The molecule has 0 radical (unpaired) electrons. The van der Waals surface area contributed by atoms with Crippen LogP contribution in [0.25, 0.3) is 10.4 Å². The maximum atomic E-state index is 14.1. The van der Waals surface area contributed by atoms with Crippen molar-refractivity contribution in [1.82, 2.24) is 50.0 Å². The number of β-amino-alcohol motifs (C(OH)–C–C–N with tert-alkyl or cyclic N) is 1. The molecule has 5 aliphatic heterocycles. The van der Waals surface area contributed by atoms with E-state index in [4.69, 9.17) is 36.8 Å². The normalized spacial score (nSPS) is 22.6. The Morgan fingerprint density at radius 2 is 1.77 bits per heavy atom. The number of likely N-dealkylation sites (tertiary alicyclic amines) is 2. The number of nitrogens with zero attached hydrogens (tertiary/aromatic N) is 11. The van der Waals surface area contributed by atoms with Crippen LogP contribution in [0.4, 0.5) is 11.6 Å². The maximum Gasteiger partial charge on any atom is 0.248 e. The molecule has 5 saturated heterocycles. The number of aryl methyl sites for hydroxylation is 2. The Labute approximate surface area is 462 Å². The number of carbonyl (C=O) groups is 3. The number of nitrogens with two attached hydrogens (primary N) is 1. The van der Waals surface area contributed by atoms with Gasteiger partial charge in [-0.15, -0.1) is 16.4 Å². The molecule has 0 saturated carbocycles. The number of hydrogen-bond acceptors (Lipinski definition) is 18. The highest BCUT2D eigenvalue weighted by molar-refractivity contribution is 7.99. The predicted octanol–water partition coefficient (Wildman–Crippen LogP) is 5.59. The summed E-state index contributed by atoms with van der Waals surface area (Å²) in [6.07, 6.45) is 8.73. The van der Waals surface area contributed by atoms with E-state index in [1.54, 1.807) is 41.5 Å². The third-order valence-corrected chi connectivity index (χ3v) is 18.7. The van der Waals surface area contributed by atoms with Gasteiger partial charge in [0.2, 0.25) is 17.7 Å². The molecule has 1 aromatic carbocycles. The van der Waals surface area contributed by atoms with Crippen LogP contribution in [0, 0.1) is 31.1 Å². The molecule has 20 nitrogen and oxygen atoms in total. The number of aliphatic hydroxyl groups excluding tert-OH is 2. The number of carbonyl (C=O) groups excluding carboxylic acids is 3. The molecule has 5 N–H and O–H groups in total. The molecule has 412 valence electrons. The van der Waals surface area contributed by atoms with E-state index in [0.29, 0.717) is 97.3 Å². The number of aromatic nitrogens is 7. The van der Waals surface area contributed by atoms with E-state index in [0.717, 1.165) is 52.5 Å². The van der Waals surface area contributed by atoms with Gasteiger partial charge in [-0.2, -0.15) is 0 Å². The van der Waals surface area contributed by atoms with Gasteiger partial charge in [0.05, 0.1) is 58.4 Å². The number of hydrogen-bond donors (Lipinski definition) is 4. The summed E-state index contributed by atoms with van der Waals surface area (Å²) < 4.78 is 14.2. The summed E-state index contributed by atoms with van der Waals surface area (Å²) in [4.78, 5) is 70.4. The predicted molar refractivity (Wildman–Crippen MR) is 293 cm³/mol. The zero-order chi connectivity index (χ0) is 54.1. The number of benzene rings is 1. The number of aliphatic hydroxyl groups is 2. The van der Waals surface area contributed by atoms with Crippen LogP contribution in [0.1, 0.15) is 94.4 Å². The lowest BCUT2D eigenvalue weighted by Crippen LogP contribution is -2.51. The minimum absolute atomic E-state index is 0.00663. The summed E-state index contributed by atoms with van der Waals surface area (Å²) in [5, 5.41) is 33.6. The Bertz CT molecular complexity index is 2920. The van der Waals surface area contributed by atoms with E-state index in [2.05, 4.69) is 35.4 Å². The fourth-order valence-corrected chi connectivity index (χ4v) is 13.7. The van der Waals surface area contributed by atoms with Crippen molar-refractivity contribution in [3.8, 4) is 16.2 Å². The highest BCUT2D eigenvalue weighted by Gasteiger charge is 2.48. The van der Waals surface area contributed by atoms with Crippen molar-refractivity contribution in [2.75, 3.05) is 62.2 Å². The van der Waals surface area contributed by atoms with Crippen molar-refractivity contribution in [3.63, 3.8) is 0 Å². The number of halogens is 1. The summed E-state index contributed by atoms with van der Waals surface area (Å²) in [6.45, 7) is 14.2. The molecule has 9 heterocycles. The zero-order valence-corrected chi connectivity index (χ0v) is 46.8. The molecular formula is C54H70ClN13O7S2. The van der Waals surface area contributed by atoms with Gasteiger partial charge < -0.3 is 50.3 Å². The lowest BCUT2D eigenvalue weighted by Gasteiger charge is -2.41. The van der Waals surface area contributed by atoms with Gasteiger partial charge in [-0.1, -0.05) is 54.6 Å². The average molecular weight is 1110 g/mol. The molecule has 5 fully saturated rings. The molecule has 0 unspecified atom stereocenters. The third-order valence-electron chi connectivity index (χ3n) is 16.3. The van der Waals surface area contributed by atoms with Crippen LogP contribution in [0.2, 0.25) is 5.02 Å². The Hall–Kier alpha value is -5.49. The van der Waals surface area contributed by atoms with Crippen LogP contribution in [0.5, 0.6) is 5.75 Å². The van der Waals surface area contributed by atoms with Crippen LogP contribution in [0.15, 0.2) is 58.3 Å². The smallest absolute Gasteiger partial charge is 0.248 e. The molecule has 5 aromatic rings. The molecule has 0 bridgehead atoms. The van der Waals surface area contributed by atoms with Crippen LogP contribution >= 0.6 is 34.7 Å². The van der Waals surface area contributed by atoms with Gasteiger partial charge in [-0.25, -0.2) is 24.6 Å². The molecule has 3 amide bonds. The van der Waals surface area contributed by atoms with E-state index < -0.39 is 18.2 Å². The summed E-state index contributed by atoms with van der Waals surface area (Å²) in [5.74, 6) is 1.20. The van der Waals surface area contributed by atoms with E-state index in [9.17, 15) is 24.6 Å². The van der Waals surface area contributed by atoms with Crippen molar-refractivity contribution in [3.05, 3.63) is 76.0 Å². The van der Waals surface area contributed by atoms with E-state index in [1.165, 1.54) is 16.7 Å². The minimum Gasteiger partial charge on any atom is -0.490 e. The standard InChI is InChI=1S/C54H70ClN13O7S2/c1-31(2)46(68-26-32(3)62-63-68)53(73)67-27-38(70)23-41(67)51(71)59-24-37-7-6-36(47-33(4)60-30-76-47)22-42(37)75-39-11-18-66(19-12-39)52(72)35-9-16-64(17-10-35)50-45(55)43(8-15-57-50)77-44-25-58-49(40(28-69)61-44)65-20-13-54(14-21-65)29-74-34(5)48(54)56/h6-8,15,22,25-26,30-31,34-35,38-39,41,46,48,69-70H,9-14,16-21,23-24,27-29,56H2,1-5H3,(H,59,71)/t34-,38+,41-,46-,48+/m0/s1. The second kappa shape index (κ2) is 23.5. The molecule has 10 rings (SSSR count). The van der Waals surface area contributed by atoms with Gasteiger partial charge in [-0.3, -0.25) is 14.4 Å². The molecule has 4 aromatic heterocycles. The molecule has 5 atom stereocenters. The zero-order valence-electron chi connectivity index (χ0n) is 44.4. The van der Waals surface area contributed by atoms with E-state index in [-0.39, 0.29) is 79.3 Å². The van der Waals surface area contributed by atoms with Crippen molar-refractivity contribution in [2.24, 2.45) is 23.0 Å². The van der Waals surface area contributed by atoms with Crippen LogP contribution < -0.4 is 25.6 Å². The second-order valence-electron chi connectivity index (χ2n) is 21.7. The maximum absolute atomic E-state index is 14.1. The third kappa shape index (κ3) is 11.7. The fraction of sp³-hybridized carbons (Fsp3) is 0.574. The number of rotatable bonds is 15.